The first-order valence-corrected chi connectivity index (χ1v) is 11.4. The van der Waals surface area contributed by atoms with Gasteiger partial charge in [-0.15, -0.1) is 13.2 Å². The lowest BCUT2D eigenvalue weighted by Gasteiger charge is -2.14. The van der Waals surface area contributed by atoms with E-state index in [0.717, 1.165) is 21.3 Å². The molecule has 1 amide bonds. The highest BCUT2D eigenvalue weighted by molar-refractivity contribution is 6.30. The minimum absolute atomic E-state index is 0.0246. The number of carbonyl (C=O) groups is 1. The fourth-order valence-electron chi connectivity index (χ4n) is 3.60. The second-order valence-corrected chi connectivity index (χ2v) is 8.86. The zero-order valence-corrected chi connectivity index (χ0v) is 21.1. The van der Waals surface area contributed by atoms with E-state index in [1.54, 1.807) is 24.3 Å². The number of aromatic nitrogens is 4. The second kappa shape index (κ2) is 10.2. The molecular formula is C24H21ClF3N5O5. The Labute approximate surface area is 218 Å². The number of alkyl halides is 3. The third kappa shape index (κ3) is 5.67. The van der Waals surface area contributed by atoms with Crippen molar-refractivity contribution in [2.45, 2.75) is 19.5 Å². The summed E-state index contributed by atoms with van der Waals surface area (Å²) in [5, 5.41) is 0.481. The fraction of sp³-hybridized carbons (Fsp3) is 0.250. The number of likely N-dealkylation sites (N-methyl/N-ethyl adjacent to an activating group) is 1. The van der Waals surface area contributed by atoms with Gasteiger partial charge in [-0.25, -0.2) is 9.36 Å². The molecule has 0 N–H and O–H groups in total. The molecule has 0 bridgehead atoms. The highest BCUT2D eigenvalue weighted by Gasteiger charge is 2.31. The van der Waals surface area contributed by atoms with Crippen LogP contribution in [0, 0.1) is 0 Å². The van der Waals surface area contributed by atoms with Crippen LogP contribution in [0.15, 0.2) is 58.1 Å². The number of nitrogens with zero attached hydrogens (tertiary/aromatic N) is 5. The van der Waals surface area contributed by atoms with Crippen LogP contribution in [0.25, 0.3) is 11.2 Å². The molecule has 0 aliphatic rings. The molecule has 0 atom stereocenters. The van der Waals surface area contributed by atoms with Crippen molar-refractivity contribution in [1.29, 1.82) is 0 Å². The molecular weight excluding hydrogens is 531 g/mol. The number of hydrogen-bond donors (Lipinski definition) is 0. The maximum absolute atomic E-state index is 13.5. The lowest BCUT2D eigenvalue weighted by molar-refractivity contribution is -0.274. The number of halogens is 4. The van der Waals surface area contributed by atoms with E-state index in [4.69, 9.17) is 16.3 Å². The molecule has 4 rings (SSSR count). The highest BCUT2D eigenvalue weighted by atomic mass is 35.5. The molecule has 200 valence electrons. The van der Waals surface area contributed by atoms with Gasteiger partial charge in [-0.1, -0.05) is 29.8 Å². The van der Waals surface area contributed by atoms with E-state index in [-0.39, 0.29) is 29.5 Å². The molecule has 38 heavy (non-hydrogen) atoms. The zero-order valence-electron chi connectivity index (χ0n) is 20.3. The molecule has 0 saturated carbocycles. The smallest absolute Gasteiger partial charge is 0.425 e. The number of carbonyl (C=O) groups excluding carboxylic acids is 1. The van der Waals surface area contributed by atoms with Gasteiger partial charge in [-0.3, -0.25) is 18.7 Å². The van der Waals surface area contributed by atoms with E-state index >= 15 is 0 Å². The minimum atomic E-state index is -4.91. The van der Waals surface area contributed by atoms with Crippen LogP contribution in [0.5, 0.6) is 17.5 Å². The number of ether oxygens (including phenoxy) is 2. The standard InChI is InChI=1S/C24H21ClF3N5O5/c1-30(2)18(34)13-33-21(35)19-20(31(3)23(33)36)29-22(32(19)12-14-7-9-15(25)10-8-14)37-16-5-4-6-17(11-16)38-24(26,27)28/h4-11H,12-13H2,1-3H3. The van der Waals surface area contributed by atoms with Crippen molar-refractivity contribution in [2.75, 3.05) is 14.1 Å². The quantitative estimate of drug-likeness (QED) is 0.349. The van der Waals surface area contributed by atoms with Gasteiger partial charge < -0.3 is 14.4 Å². The van der Waals surface area contributed by atoms with Gasteiger partial charge in [0.25, 0.3) is 5.56 Å². The van der Waals surface area contributed by atoms with Gasteiger partial charge in [0.2, 0.25) is 5.91 Å². The fourth-order valence-corrected chi connectivity index (χ4v) is 3.73. The monoisotopic (exact) mass is 551 g/mol. The molecule has 14 heteroatoms. The predicted molar refractivity (Wildman–Crippen MR) is 132 cm³/mol. The number of fused-ring (bicyclic) bond motifs is 1. The number of imidazole rings is 1. The van der Waals surface area contributed by atoms with Gasteiger partial charge in [0.1, 0.15) is 18.0 Å². The number of hydrogen-bond acceptors (Lipinski definition) is 6. The van der Waals surface area contributed by atoms with Crippen molar-refractivity contribution in [2.24, 2.45) is 7.05 Å². The molecule has 2 aromatic carbocycles. The van der Waals surface area contributed by atoms with E-state index in [1.807, 2.05) is 0 Å². The Kier molecular flexibility index (Phi) is 7.22. The van der Waals surface area contributed by atoms with Crippen LogP contribution in [-0.2, 0) is 24.9 Å². The van der Waals surface area contributed by atoms with Crippen molar-refractivity contribution < 1.29 is 27.4 Å². The van der Waals surface area contributed by atoms with Crippen LogP contribution in [-0.4, -0.2) is 50.0 Å². The molecule has 2 heterocycles. The van der Waals surface area contributed by atoms with Gasteiger partial charge in [-0.05, 0) is 29.8 Å². The Bertz CT molecular complexity index is 1620. The molecule has 4 aromatic rings. The van der Waals surface area contributed by atoms with Crippen molar-refractivity contribution in [3.05, 3.63) is 80.0 Å². The Morgan fingerprint density at radius 3 is 2.34 bits per heavy atom. The topological polar surface area (TPSA) is 101 Å². The van der Waals surface area contributed by atoms with Gasteiger partial charge in [0.05, 0.1) is 6.54 Å². The average molecular weight is 552 g/mol. The molecule has 10 nitrogen and oxygen atoms in total. The number of rotatable bonds is 7. The lowest BCUT2D eigenvalue weighted by atomic mass is 10.2. The maximum atomic E-state index is 13.5. The lowest BCUT2D eigenvalue weighted by Crippen LogP contribution is -2.43. The molecule has 0 radical (unpaired) electrons. The van der Waals surface area contributed by atoms with E-state index in [0.29, 0.717) is 10.6 Å². The minimum Gasteiger partial charge on any atom is -0.425 e. The summed E-state index contributed by atoms with van der Waals surface area (Å²) in [6, 6.07) is 11.3. The largest absolute Gasteiger partial charge is 0.573 e. The summed E-state index contributed by atoms with van der Waals surface area (Å²) in [5.74, 6) is -1.06. The molecule has 0 unspecified atom stereocenters. The first-order chi connectivity index (χ1) is 17.8. The number of amides is 1. The van der Waals surface area contributed by atoms with E-state index in [9.17, 15) is 27.6 Å². The van der Waals surface area contributed by atoms with Crippen molar-refractivity contribution in [3.8, 4) is 17.5 Å². The molecule has 2 aromatic heterocycles. The Morgan fingerprint density at radius 1 is 1.05 bits per heavy atom. The van der Waals surface area contributed by atoms with Crippen LogP contribution in [0.3, 0.4) is 0 Å². The average Bonchev–Trinajstić information content (AvgIpc) is 3.18. The molecule has 0 aliphatic carbocycles. The van der Waals surface area contributed by atoms with Crippen LogP contribution >= 0.6 is 11.6 Å². The van der Waals surface area contributed by atoms with E-state index in [1.165, 1.54) is 42.7 Å². The first-order valence-electron chi connectivity index (χ1n) is 11.0. The summed E-state index contributed by atoms with van der Waals surface area (Å²) in [7, 11) is 4.36. The molecule has 0 spiro atoms. The molecule has 0 saturated heterocycles. The third-order valence-corrected chi connectivity index (χ3v) is 5.74. The number of benzene rings is 2. The van der Waals surface area contributed by atoms with Gasteiger partial charge in [0.15, 0.2) is 11.2 Å². The van der Waals surface area contributed by atoms with Crippen LogP contribution in [0.1, 0.15) is 5.56 Å². The summed E-state index contributed by atoms with van der Waals surface area (Å²) in [6.07, 6.45) is -4.91. The van der Waals surface area contributed by atoms with Crippen molar-refractivity contribution in [1.82, 2.24) is 23.6 Å². The predicted octanol–water partition coefficient (Wildman–Crippen LogP) is 3.38. The van der Waals surface area contributed by atoms with Gasteiger partial charge in [0, 0.05) is 32.2 Å². The van der Waals surface area contributed by atoms with Crippen LogP contribution in [0.4, 0.5) is 13.2 Å². The Hall–Kier alpha value is -4.26. The summed E-state index contributed by atoms with van der Waals surface area (Å²) >= 11 is 5.98. The summed E-state index contributed by atoms with van der Waals surface area (Å²) in [4.78, 5) is 44.3. The van der Waals surface area contributed by atoms with Gasteiger partial charge in [-0.2, -0.15) is 4.98 Å². The summed E-state index contributed by atoms with van der Waals surface area (Å²) < 4.78 is 51.1. The maximum Gasteiger partial charge on any atom is 0.573 e. The van der Waals surface area contributed by atoms with Crippen molar-refractivity contribution in [3.63, 3.8) is 0 Å². The van der Waals surface area contributed by atoms with Crippen molar-refractivity contribution >= 4 is 28.7 Å². The Balaban J connectivity index is 1.89. The highest BCUT2D eigenvalue weighted by Crippen LogP contribution is 2.30. The van der Waals surface area contributed by atoms with E-state index in [2.05, 4.69) is 9.72 Å². The number of aryl methyl sites for hydroxylation is 1. The van der Waals surface area contributed by atoms with Gasteiger partial charge >= 0.3 is 18.1 Å². The molecule has 0 aliphatic heterocycles. The van der Waals surface area contributed by atoms with E-state index < -0.39 is 35.8 Å². The summed E-state index contributed by atoms with van der Waals surface area (Å²) in [6.45, 7) is -0.482. The SMILES string of the molecule is CN(C)C(=O)Cn1c(=O)c2c(nc(Oc3cccc(OC(F)(F)F)c3)n2Cc2ccc(Cl)cc2)n(C)c1=O. The van der Waals surface area contributed by atoms with Crippen LogP contribution in [0.2, 0.25) is 5.02 Å². The second-order valence-electron chi connectivity index (χ2n) is 8.42. The normalized spacial score (nSPS) is 11.6. The Morgan fingerprint density at radius 2 is 1.71 bits per heavy atom. The third-order valence-electron chi connectivity index (χ3n) is 5.49. The summed E-state index contributed by atoms with van der Waals surface area (Å²) in [5.41, 5.74) is -0.979. The zero-order chi connectivity index (χ0) is 27.8. The first kappa shape index (κ1) is 26.8. The molecule has 0 fully saturated rings. The van der Waals surface area contributed by atoms with Crippen LogP contribution < -0.4 is 20.7 Å².